The normalized spacial score (nSPS) is 21.1. The minimum Gasteiger partial charge on any atom is -0.349 e. The van der Waals surface area contributed by atoms with Crippen molar-refractivity contribution in [2.45, 2.75) is 39.2 Å². The third-order valence-electron chi connectivity index (χ3n) is 3.64. The van der Waals surface area contributed by atoms with Crippen LogP contribution in [0.25, 0.3) is 0 Å². The molecule has 19 heavy (non-hydrogen) atoms. The first-order valence-electron chi connectivity index (χ1n) is 6.43. The summed E-state index contributed by atoms with van der Waals surface area (Å²) in [6.07, 6.45) is 3.08. The summed E-state index contributed by atoms with van der Waals surface area (Å²) < 4.78 is 0. The van der Waals surface area contributed by atoms with Crippen LogP contribution >= 0.6 is 0 Å². The number of amides is 1. The van der Waals surface area contributed by atoms with Crippen LogP contribution in [-0.4, -0.2) is 16.9 Å². The van der Waals surface area contributed by atoms with Crippen molar-refractivity contribution in [1.29, 1.82) is 0 Å². The van der Waals surface area contributed by atoms with E-state index in [0.29, 0.717) is 5.56 Å². The highest BCUT2D eigenvalue weighted by atomic mass is 16.6. The molecule has 2 rings (SSSR count). The molecule has 1 aliphatic rings. The summed E-state index contributed by atoms with van der Waals surface area (Å²) in [6, 6.07) is 5.90. The fourth-order valence-corrected chi connectivity index (χ4v) is 2.56. The van der Waals surface area contributed by atoms with Gasteiger partial charge in [0.2, 0.25) is 0 Å². The molecule has 1 aliphatic carbocycles. The topological polar surface area (TPSA) is 72.2 Å². The van der Waals surface area contributed by atoms with Crippen molar-refractivity contribution in [3.8, 4) is 0 Å². The zero-order valence-corrected chi connectivity index (χ0v) is 11.2. The average Bonchev–Trinajstić information content (AvgIpc) is 2.68. The van der Waals surface area contributed by atoms with Crippen LogP contribution in [0.1, 0.15) is 43.5 Å². The summed E-state index contributed by atoms with van der Waals surface area (Å²) in [7, 11) is 0. The highest BCUT2D eigenvalue weighted by Crippen LogP contribution is 2.36. The predicted molar refractivity (Wildman–Crippen MR) is 72.0 cm³/mol. The van der Waals surface area contributed by atoms with Crippen molar-refractivity contribution >= 4 is 11.6 Å². The van der Waals surface area contributed by atoms with Crippen LogP contribution in [0.4, 0.5) is 5.69 Å². The minimum atomic E-state index is -0.471. The number of nitrogens with zero attached hydrogens (tertiary/aromatic N) is 1. The third kappa shape index (κ3) is 3.30. The Morgan fingerprint density at radius 3 is 2.47 bits per heavy atom. The molecule has 1 aromatic rings. The van der Waals surface area contributed by atoms with Crippen LogP contribution in [0.3, 0.4) is 0 Å². The Bertz CT molecular complexity index is 494. The lowest BCUT2D eigenvalue weighted by atomic mass is 9.92. The van der Waals surface area contributed by atoms with Crippen molar-refractivity contribution in [2.75, 3.05) is 0 Å². The third-order valence-corrected chi connectivity index (χ3v) is 3.64. The molecule has 0 radical (unpaired) electrons. The zero-order chi connectivity index (χ0) is 14.0. The fourth-order valence-electron chi connectivity index (χ4n) is 2.56. The van der Waals surface area contributed by atoms with Crippen LogP contribution in [0.2, 0.25) is 0 Å². The van der Waals surface area contributed by atoms with Crippen LogP contribution in [0.15, 0.2) is 24.3 Å². The molecule has 1 amide bonds. The number of hydrogen-bond acceptors (Lipinski definition) is 3. The lowest BCUT2D eigenvalue weighted by molar-refractivity contribution is -0.384. The second-order valence-electron chi connectivity index (χ2n) is 5.88. The van der Waals surface area contributed by atoms with E-state index in [1.165, 1.54) is 24.3 Å². The molecule has 0 saturated heterocycles. The molecule has 1 saturated carbocycles. The van der Waals surface area contributed by atoms with E-state index in [9.17, 15) is 14.9 Å². The Morgan fingerprint density at radius 2 is 2.00 bits per heavy atom. The summed E-state index contributed by atoms with van der Waals surface area (Å²) in [6.45, 7) is 4.40. The van der Waals surface area contributed by atoms with E-state index in [1.54, 1.807) is 0 Å². The molecular weight excluding hydrogens is 244 g/mol. The zero-order valence-electron chi connectivity index (χ0n) is 11.2. The second-order valence-corrected chi connectivity index (χ2v) is 5.88. The van der Waals surface area contributed by atoms with E-state index >= 15 is 0 Å². The Kier molecular flexibility index (Phi) is 3.55. The molecule has 5 nitrogen and oxygen atoms in total. The molecule has 102 valence electrons. The van der Waals surface area contributed by atoms with Crippen LogP contribution < -0.4 is 5.32 Å². The molecule has 1 N–H and O–H groups in total. The standard InChI is InChI=1S/C14H18N2O3/c1-14(2)8-7-11(9-14)15-13(17)10-3-5-12(6-4-10)16(18)19/h3-6,11H,7-9H2,1-2H3,(H,15,17). The summed E-state index contributed by atoms with van der Waals surface area (Å²) in [5, 5.41) is 13.5. The number of carbonyl (C=O) groups excluding carboxylic acids is 1. The van der Waals surface area contributed by atoms with Gasteiger partial charge in [-0.25, -0.2) is 0 Å². The van der Waals surface area contributed by atoms with Gasteiger partial charge in [-0.2, -0.15) is 0 Å². The van der Waals surface area contributed by atoms with Gasteiger partial charge in [0.05, 0.1) is 4.92 Å². The van der Waals surface area contributed by atoms with Gasteiger partial charge in [0.25, 0.3) is 11.6 Å². The maximum atomic E-state index is 12.0. The minimum absolute atomic E-state index is 0.00134. The quantitative estimate of drug-likeness (QED) is 0.672. The Hall–Kier alpha value is -1.91. The highest BCUT2D eigenvalue weighted by Gasteiger charge is 2.31. The molecule has 1 aromatic carbocycles. The van der Waals surface area contributed by atoms with Crippen LogP contribution in [0.5, 0.6) is 0 Å². The Morgan fingerprint density at radius 1 is 1.37 bits per heavy atom. The molecule has 0 spiro atoms. The summed E-state index contributed by atoms with van der Waals surface area (Å²) in [5.74, 6) is -0.155. The maximum Gasteiger partial charge on any atom is 0.269 e. The Balaban J connectivity index is 1.99. The fraction of sp³-hybridized carbons (Fsp3) is 0.500. The van der Waals surface area contributed by atoms with Gasteiger partial charge in [-0.3, -0.25) is 14.9 Å². The van der Waals surface area contributed by atoms with Crippen LogP contribution in [-0.2, 0) is 0 Å². The smallest absolute Gasteiger partial charge is 0.269 e. The number of nitrogens with one attached hydrogen (secondary N) is 1. The Labute approximate surface area is 112 Å². The number of hydrogen-bond donors (Lipinski definition) is 1. The van der Waals surface area contributed by atoms with Gasteiger partial charge >= 0.3 is 0 Å². The van der Waals surface area contributed by atoms with E-state index in [0.717, 1.165) is 19.3 Å². The van der Waals surface area contributed by atoms with E-state index in [2.05, 4.69) is 19.2 Å². The molecule has 0 heterocycles. The van der Waals surface area contributed by atoms with Gasteiger partial charge in [-0.15, -0.1) is 0 Å². The molecule has 0 bridgehead atoms. The van der Waals surface area contributed by atoms with Crippen molar-refractivity contribution in [3.05, 3.63) is 39.9 Å². The van der Waals surface area contributed by atoms with Gasteiger partial charge in [0.1, 0.15) is 0 Å². The monoisotopic (exact) mass is 262 g/mol. The molecule has 1 unspecified atom stereocenters. The van der Waals surface area contributed by atoms with Gasteiger partial charge in [-0.05, 0) is 36.8 Å². The van der Waals surface area contributed by atoms with Crippen molar-refractivity contribution < 1.29 is 9.72 Å². The first-order valence-corrected chi connectivity index (χ1v) is 6.43. The second kappa shape index (κ2) is 4.99. The van der Waals surface area contributed by atoms with Crippen molar-refractivity contribution in [2.24, 2.45) is 5.41 Å². The number of non-ortho nitro benzene ring substituents is 1. The molecule has 5 heteroatoms. The molecule has 1 fully saturated rings. The van der Waals surface area contributed by atoms with Crippen molar-refractivity contribution in [1.82, 2.24) is 5.32 Å². The van der Waals surface area contributed by atoms with Gasteiger partial charge in [0, 0.05) is 23.7 Å². The van der Waals surface area contributed by atoms with E-state index in [1.807, 2.05) is 0 Å². The largest absolute Gasteiger partial charge is 0.349 e. The van der Waals surface area contributed by atoms with E-state index < -0.39 is 4.92 Å². The molecule has 0 aromatic heterocycles. The van der Waals surface area contributed by atoms with E-state index in [4.69, 9.17) is 0 Å². The lowest BCUT2D eigenvalue weighted by Crippen LogP contribution is -2.33. The molecule has 0 aliphatic heterocycles. The lowest BCUT2D eigenvalue weighted by Gasteiger charge is -2.17. The SMILES string of the molecule is CC1(C)CCC(NC(=O)c2ccc([N+](=O)[O-])cc2)C1. The van der Waals surface area contributed by atoms with Crippen molar-refractivity contribution in [3.63, 3.8) is 0 Å². The van der Waals surface area contributed by atoms with Crippen LogP contribution in [0, 0.1) is 15.5 Å². The average molecular weight is 262 g/mol. The number of nitro benzene ring substituents is 1. The summed E-state index contributed by atoms with van der Waals surface area (Å²) in [4.78, 5) is 22.1. The molecule has 1 atom stereocenters. The summed E-state index contributed by atoms with van der Waals surface area (Å²) >= 11 is 0. The molecular formula is C14H18N2O3. The first-order chi connectivity index (χ1) is 8.87. The number of carbonyl (C=O) groups is 1. The van der Waals surface area contributed by atoms with Gasteiger partial charge in [-0.1, -0.05) is 13.8 Å². The number of nitro groups is 1. The maximum absolute atomic E-state index is 12.0. The number of benzene rings is 1. The van der Waals surface area contributed by atoms with Gasteiger partial charge < -0.3 is 5.32 Å². The van der Waals surface area contributed by atoms with Gasteiger partial charge in [0.15, 0.2) is 0 Å². The number of rotatable bonds is 3. The highest BCUT2D eigenvalue weighted by molar-refractivity contribution is 5.94. The summed E-state index contributed by atoms with van der Waals surface area (Å²) in [5.41, 5.74) is 0.752. The van der Waals surface area contributed by atoms with E-state index in [-0.39, 0.29) is 23.1 Å². The predicted octanol–water partition coefficient (Wildman–Crippen LogP) is 2.90. The first kappa shape index (κ1) is 13.5.